The fraction of sp³-hybridized carbons (Fsp3) is 0.273. The average Bonchev–Trinajstić information content (AvgIpc) is 2.25. The second kappa shape index (κ2) is 5.27. The molecular weight excluding hydrogens is 210 g/mol. The summed E-state index contributed by atoms with van der Waals surface area (Å²) in [6, 6.07) is 6.67. The average molecular weight is 223 g/mol. The number of hydrogen-bond acceptors (Lipinski definition) is 3. The van der Waals surface area contributed by atoms with Crippen LogP contribution in [0.3, 0.4) is 0 Å². The van der Waals surface area contributed by atoms with Gasteiger partial charge in [0.25, 0.3) is 0 Å². The molecule has 0 aliphatic rings. The third-order valence-electron chi connectivity index (χ3n) is 2.12. The standard InChI is InChI=1S/C11H13NO4/c1-7(11(14)15)16-6-8-4-2-3-5-9(8)10(12)13/h2-5,7H,6H2,1H3,(H2,12,13)(H,14,15). The monoisotopic (exact) mass is 223 g/mol. The number of carbonyl (C=O) groups is 2. The van der Waals surface area contributed by atoms with Gasteiger partial charge in [-0.15, -0.1) is 0 Å². The summed E-state index contributed by atoms with van der Waals surface area (Å²) >= 11 is 0. The van der Waals surface area contributed by atoms with Crippen molar-refractivity contribution in [3.8, 4) is 0 Å². The Bertz CT molecular complexity index is 403. The smallest absolute Gasteiger partial charge is 0.332 e. The summed E-state index contributed by atoms with van der Waals surface area (Å²) in [4.78, 5) is 21.6. The largest absolute Gasteiger partial charge is 0.479 e. The first-order chi connectivity index (χ1) is 7.52. The molecule has 16 heavy (non-hydrogen) atoms. The van der Waals surface area contributed by atoms with Crippen molar-refractivity contribution in [2.24, 2.45) is 5.73 Å². The number of rotatable bonds is 5. The van der Waals surface area contributed by atoms with Crippen molar-refractivity contribution in [2.75, 3.05) is 0 Å². The van der Waals surface area contributed by atoms with Crippen molar-refractivity contribution < 1.29 is 19.4 Å². The van der Waals surface area contributed by atoms with Crippen LogP contribution in [0.4, 0.5) is 0 Å². The predicted octanol–water partition coefficient (Wildman–Crippen LogP) is 0.775. The van der Waals surface area contributed by atoms with Crippen molar-refractivity contribution in [3.05, 3.63) is 35.4 Å². The highest BCUT2D eigenvalue weighted by atomic mass is 16.5. The van der Waals surface area contributed by atoms with E-state index in [1.54, 1.807) is 24.3 Å². The molecule has 0 fully saturated rings. The third kappa shape index (κ3) is 3.06. The molecule has 1 atom stereocenters. The van der Waals surface area contributed by atoms with Crippen LogP contribution in [0.25, 0.3) is 0 Å². The van der Waals surface area contributed by atoms with Crippen LogP contribution in [-0.2, 0) is 16.1 Å². The van der Waals surface area contributed by atoms with E-state index in [-0.39, 0.29) is 6.61 Å². The minimum atomic E-state index is -1.04. The highest BCUT2D eigenvalue weighted by Gasteiger charge is 2.13. The summed E-state index contributed by atoms with van der Waals surface area (Å²) in [5, 5.41) is 8.62. The number of carboxylic acids is 1. The first kappa shape index (κ1) is 12.2. The van der Waals surface area contributed by atoms with E-state index in [0.717, 1.165) is 0 Å². The van der Waals surface area contributed by atoms with Gasteiger partial charge in [0.05, 0.1) is 6.61 Å². The first-order valence-electron chi connectivity index (χ1n) is 4.74. The Labute approximate surface area is 92.8 Å². The third-order valence-corrected chi connectivity index (χ3v) is 2.12. The molecule has 0 aliphatic heterocycles. The molecule has 1 amide bonds. The Morgan fingerprint density at radius 1 is 1.44 bits per heavy atom. The highest BCUT2D eigenvalue weighted by Crippen LogP contribution is 2.10. The van der Waals surface area contributed by atoms with E-state index in [2.05, 4.69) is 0 Å². The SMILES string of the molecule is CC(OCc1ccccc1C(N)=O)C(=O)O. The van der Waals surface area contributed by atoms with E-state index in [4.69, 9.17) is 15.6 Å². The molecule has 86 valence electrons. The molecule has 0 aromatic heterocycles. The zero-order valence-corrected chi connectivity index (χ0v) is 8.84. The molecule has 0 bridgehead atoms. The number of ether oxygens (including phenoxy) is 1. The molecule has 1 rings (SSSR count). The maximum Gasteiger partial charge on any atom is 0.332 e. The molecule has 1 aromatic carbocycles. The van der Waals surface area contributed by atoms with Crippen LogP contribution >= 0.6 is 0 Å². The molecule has 1 aromatic rings. The van der Waals surface area contributed by atoms with E-state index >= 15 is 0 Å². The highest BCUT2D eigenvalue weighted by molar-refractivity contribution is 5.94. The maximum absolute atomic E-state index is 11.1. The topological polar surface area (TPSA) is 89.6 Å². The number of primary amides is 1. The molecule has 0 spiro atoms. The molecule has 0 radical (unpaired) electrons. The number of benzene rings is 1. The van der Waals surface area contributed by atoms with Gasteiger partial charge in [-0.2, -0.15) is 0 Å². The van der Waals surface area contributed by atoms with Gasteiger partial charge in [0, 0.05) is 5.56 Å². The van der Waals surface area contributed by atoms with Gasteiger partial charge < -0.3 is 15.6 Å². The van der Waals surface area contributed by atoms with Crippen LogP contribution < -0.4 is 5.73 Å². The van der Waals surface area contributed by atoms with E-state index in [9.17, 15) is 9.59 Å². The van der Waals surface area contributed by atoms with Gasteiger partial charge in [-0.1, -0.05) is 18.2 Å². The van der Waals surface area contributed by atoms with E-state index < -0.39 is 18.0 Å². The Hall–Kier alpha value is -1.88. The molecule has 0 saturated heterocycles. The van der Waals surface area contributed by atoms with Crippen LogP contribution in [0, 0.1) is 0 Å². The quantitative estimate of drug-likeness (QED) is 0.771. The summed E-state index contributed by atoms with van der Waals surface area (Å²) in [6.07, 6.45) is -0.916. The van der Waals surface area contributed by atoms with Crippen LogP contribution in [0.1, 0.15) is 22.8 Å². The molecule has 1 unspecified atom stereocenters. The summed E-state index contributed by atoms with van der Waals surface area (Å²) < 4.78 is 5.07. The van der Waals surface area contributed by atoms with Crippen LogP contribution in [-0.4, -0.2) is 23.1 Å². The number of carboxylic acid groups (broad SMARTS) is 1. The lowest BCUT2D eigenvalue weighted by Gasteiger charge is -2.10. The Morgan fingerprint density at radius 2 is 2.06 bits per heavy atom. The van der Waals surface area contributed by atoms with Gasteiger partial charge in [-0.25, -0.2) is 4.79 Å². The van der Waals surface area contributed by atoms with Gasteiger partial charge in [0.2, 0.25) is 5.91 Å². The van der Waals surface area contributed by atoms with Crippen LogP contribution in [0.5, 0.6) is 0 Å². The summed E-state index contributed by atoms with van der Waals surface area (Å²) in [7, 11) is 0. The second-order valence-corrected chi connectivity index (χ2v) is 3.31. The molecule has 0 aliphatic carbocycles. The molecule has 0 saturated carbocycles. The lowest BCUT2D eigenvalue weighted by atomic mass is 10.1. The van der Waals surface area contributed by atoms with E-state index in [1.807, 2.05) is 0 Å². The number of aliphatic carboxylic acids is 1. The van der Waals surface area contributed by atoms with Crippen molar-refractivity contribution >= 4 is 11.9 Å². The normalized spacial score (nSPS) is 12.1. The second-order valence-electron chi connectivity index (χ2n) is 3.31. The summed E-state index contributed by atoms with van der Waals surface area (Å²) in [5.41, 5.74) is 6.10. The zero-order chi connectivity index (χ0) is 12.1. The van der Waals surface area contributed by atoms with Crippen molar-refractivity contribution in [3.63, 3.8) is 0 Å². The maximum atomic E-state index is 11.1. The minimum absolute atomic E-state index is 0.0482. The van der Waals surface area contributed by atoms with Gasteiger partial charge in [-0.3, -0.25) is 4.79 Å². The number of amides is 1. The molecule has 5 nitrogen and oxygen atoms in total. The van der Waals surface area contributed by atoms with E-state index in [0.29, 0.717) is 11.1 Å². The van der Waals surface area contributed by atoms with Crippen molar-refractivity contribution in [1.29, 1.82) is 0 Å². The summed E-state index contributed by atoms with van der Waals surface area (Å²) in [6.45, 7) is 1.47. The van der Waals surface area contributed by atoms with Crippen LogP contribution in [0.2, 0.25) is 0 Å². The van der Waals surface area contributed by atoms with Crippen LogP contribution in [0.15, 0.2) is 24.3 Å². The van der Waals surface area contributed by atoms with Gasteiger partial charge >= 0.3 is 5.97 Å². The molecule has 3 N–H and O–H groups in total. The lowest BCUT2D eigenvalue weighted by molar-refractivity contribution is -0.149. The number of hydrogen-bond donors (Lipinski definition) is 2. The number of nitrogens with two attached hydrogens (primary N) is 1. The van der Waals surface area contributed by atoms with Gasteiger partial charge in [0.1, 0.15) is 0 Å². The molecular formula is C11H13NO4. The van der Waals surface area contributed by atoms with Crippen molar-refractivity contribution in [1.82, 2.24) is 0 Å². The lowest BCUT2D eigenvalue weighted by Crippen LogP contribution is -2.21. The Kier molecular flexibility index (Phi) is 4.02. The first-order valence-corrected chi connectivity index (χ1v) is 4.74. The van der Waals surface area contributed by atoms with Gasteiger partial charge in [-0.05, 0) is 18.6 Å². The predicted molar refractivity (Wildman–Crippen MR) is 56.8 cm³/mol. The number of carbonyl (C=O) groups excluding carboxylic acids is 1. The fourth-order valence-electron chi connectivity index (χ4n) is 1.17. The zero-order valence-electron chi connectivity index (χ0n) is 8.84. The minimum Gasteiger partial charge on any atom is -0.479 e. The molecule has 5 heteroatoms. The molecule has 0 heterocycles. The Morgan fingerprint density at radius 3 is 2.62 bits per heavy atom. The summed E-state index contributed by atoms with van der Waals surface area (Å²) in [5.74, 6) is -1.60. The van der Waals surface area contributed by atoms with E-state index in [1.165, 1.54) is 6.92 Å². The van der Waals surface area contributed by atoms with Gasteiger partial charge in [0.15, 0.2) is 6.10 Å². The van der Waals surface area contributed by atoms with Crippen molar-refractivity contribution in [2.45, 2.75) is 19.6 Å². The fourth-order valence-corrected chi connectivity index (χ4v) is 1.17. The Balaban J connectivity index is 2.74.